The smallest absolute Gasteiger partial charge is 0.226 e. The van der Waals surface area contributed by atoms with E-state index in [1.54, 1.807) is 0 Å². The summed E-state index contributed by atoms with van der Waals surface area (Å²) < 4.78 is 0. The van der Waals surface area contributed by atoms with Crippen LogP contribution in [0.25, 0.3) is 0 Å². The Bertz CT molecular complexity index is 714. The molecule has 5 nitrogen and oxygen atoms in total. The van der Waals surface area contributed by atoms with E-state index in [-0.39, 0.29) is 17.9 Å². The van der Waals surface area contributed by atoms with Crippen LogP contribution >= 0.6 is 0 Å². The van der Waals surface area contributed by atoms with Gasteiger partial charge in [0.25, 0.3) is 0 Å². The Balaban J connectivity index is 1.22. The number of hydrogen-bond acceptors (Lipinski definition) is 3. The van der Waals surface area contributed by atoms with Crippen LogP contribution in [0.1, 0.15) is 58.3 Å². The van der Waals surface area contributed by atoms with Crippen molar-refractivity contribution in [1.29, 1.82) is 0 Å². The number of carbonyl (C=O) groups is 2. The molecule has 2 saturated carbocycles. The van der Waals surface area contributed by atoms with Gasteiger partial charge in [0.05, 0.1) is 0 Å². The van der Waals surface area contributed by atoms with Crippen molar-refractivity contribution in [3.8, 4) is 0 Å². The third-order valence-corrected chi connectivity index (χ3v) is 6.83. The van der Waals surface area contributed by atoms with Crippen molar-refractivity contribution in [3.05, 3.63) is 24.3 Å². The predicted molar refractivity (Wildman–Crippen MR) is 112 cm³/mol. The molecule has 3 fully saturated rings. The Morgan fingerprint density at radius 2 is 1.96 bits per heavy atom. The van der Waals surface area contributed by atoms with Crippen LogP contribution in [0, 0.1) is 17.8 Å². The summed E-state index contributed by atoms with van der Waals surface area (Å²) in [7, 11) is 0. The van der Waals surface area contributed by atoms with Gasteiger partial charge in [-0.3, -0.25) is 9.59 Å². The minimum atomic E-state index is -0.146. The molecule has 3 aliphatic rings. The van der Waals surface area contributed by atoms with Crippen molar-refractivity contribution < 1.29 is 9.59 Å². The van der Waals surface area contributed by atoms with Crippen molar-refractivity contribution in [2.75, 3.05) is 23.3 Å². The van der Waals surface area contributed by atoms with E-state index < -0.39 is 0 Å². The fraction of sp³-hybridized carbons (Fsp3) is 0.652. The van der Waals surface area contributed by atoms with Crippen molar-refractivity contribution in [2.45, 2.75) is 64.3 Å². The lowest BCUT2D eigenvalue weighted by Crippen LogP contribution is -2.36. The van der Waals surface area contributed by atoms with Crippen LogP contribution in [-0.2, 0) is 9.59 Å². The van der Waals surface area contributed by atoms with Gasteiger partial charge in [0.1, 0.15) is 0 Å². The molecule has 0 aromatic heterocycles. The summed E-state index contributed by atoms with van der Waals surface area (Å²) in [5.41, 5.74) is 2.00. The molecule has 152 valence electrons. The first-order chi connectivity index (χ1) is 13.6. The largest absolute Gasteiger partial charge is 0.371 e. The number of fused-ring (bicyclic) bond motifs is 2. The second-order valence-corrected chi connectivity index (χ2v) is 9.10. The normalized spacial score (nSPS) is 27.0. The van der Waals surface area contributed by atoms with Crippen LogP contribution in [0.2, 0.25) is 0 Å². The zero-order valence-corrected chi connectivity index (χ0v) is 17.0. The molecule has 4 rings (SSSR count). The van der Waals surface area contributed by atoms with Gasteiger partial charge in [-0.2, -0.15) is 0 Å². The first kappa shape index (κ1) is 19.3. The van der Waals surface area contributed by atoms with Gasteiger partial charge in [0.2, 0.25) is 11.8 Å². The molecule has 4 atom stereocenters. The highest BCUT2D eigenvalue weighted by atomic mass is 16.2. The SMILES string of the molecule is CC(CC(=O)Nc1cccc(N2CCCC2)c1)NC(=O)CC1CC2CCC1C2. The molecule has 1 aliphatic heterocycles. The fourth-order valence-corrected chi connectivity index (χ4v) is 5.50. The average Bonchev–Trinajstić information content (AvgIpc) is 3.40. The minimum Gasteiger partial charge on any atom is -0.371 e. The highest BCUT2D eigenvalue weighted by Crippen LogP contribution is 2.49. The Morgan fingerprint density at radius 3 is 2.68 bits per heavy atom. The second-order valence-electron chi connectivity index (χ2n) is 9.10. The number of hydrogen-bond donors (Lipinski definition) is 2. The van der Waals surface area contributed by atoms with E-state index >= 15 is 0 Å². The van der Waals surface area contributed by atoms with Gasteiger partial charge < -0.3 is 15.5 Å². The third-order valence-electron chi connectivity index (χ3n) is 6.83. The zero-order chi connectivity index (χ0) is 19.5. The molecule has 2 aliphatic carbocycles. The van der Waals surface area contributed by atoms with Crippen molar-refractivity contribution >= 4 is 23.2 Å². The van der Waals surface area contributed by atoms with Crippen LogP contribution in [-0.4, -0.2) is 30.9 Å². The number of carbonyl (C=O) groups excluding carboxylic acids is 2. The molecule has 2 bridgehead atoms. The molecule has 2 N–H and O–H groups in total. The first-order valence-electron chi connectivity index (χ1n) is 11.0. The lowest BCUT2D eigenvalue weighted by atomic mass is 9.86. The topological polar surface area (TPSA) is 61.4 Å². The van der Waals surface area contributed by atoms with Gasteiger partial charge >= 0.3 is 0 Å². The predicted octanol–water partition coefficient (Wildman–Crippen LogP) is 3.95. The van der Waals surface area contributed by atoms with Crippen molar-refractivity contribution in [3.63, 3.8) is 0 Å². The molecule has 1 aromatic rings. The van der Waals surface area contributed by atoms with Gasteiger partial charge in [0, 0.05) is 43.3 Å². The Morgan fingerprint density at radius 1 is 1.14 bits per heavy atom. The van der Waals surface area contributed by atoms with E-state index in [1.807, 2.05) is 25.1 Å². The molecule has 2 amide bonds. The second kappa shape index (κ2) is 8.54. The lowest BCUT2D eigenvalue weighted by molar-refractivity contribution is -0.123. The van der Waals surface area contributed by atoms with Crippen LogP contribution in [0.5, 0.6) is 0 Å². The summed E-state index contributed by atoms with van der Waals surface area (Å²) >= 11 is 0. The van der Waals surface area contributed by atoms with Gasteiger partial charge in [-0.25, -0.2) is 0 Å². The molecule has 5 heteroatoms. The van der Waals surface area contributed by atoms with Crippen LogP contribution in [0.3, 0.4) is 0 Å². The standard InChI is InChI=1S/C23H33N3O2/c1-16(24-23(28)14-19-13-17-7-8-18(19)12-17)11-22(27)25-20-5-4-6-21(15-20)26-9-2-3-10-26/h4-6,15-19H,2-3,7-14H2,1H3,(H,24,28)(H,25,27). The monoisotopic (exact) mass is 383 g/mol. The molecule has 1 heterocycles. The maximum Gasteiger partial charge on any atom is 0.226 e. The third kappa shape index (κ3) is 4.68. The van der Waals surface area contributed by atoms with E-state index in [1.165, 1.54) is 44.2 Å². The maximum absolute atomic E-state index is 12.4. The van der Waals surface area contributed by atoms with Gasteiger partial charge in [-0.1, -0.05) is 12.5 Å². The number of benzene rings is 1. The molecule has 1 aromatic carbocycles. The van der Waals surface area contributed by atoms with Crippen molar-refractivity contribution in [1.82, 2.24) is 5.32 Å². The van der Waals surface area contributed by atoms with E-state index in [0.29, 0.717) is 18.8 Å². The molecule has 28 heavy (non-hydrogen) atoms. The molecule has 0 spiro atoms. The lowest BCUT2D eigenvalue weighted by Gasteiger charge is -2.22. The van der Waals surface area contributed by atoms with E-state index in [9.17, 15) is 9.59 Å². The van der Waals surface area contributed by atoms with Gasteiger partial charge in [-0.15, -0.1) is 0 Å². The van der Waals surface area contributed by atoms with Crippen molar-refractivity contribution in [2.24, 2.45) is 17.8 Å². The number of nitrogens with zero attached hydrogens (tertiary/aromatic N) is 1. The average molecular weight is 384 g/mol. The quantitative estimate of drug-likeness (QED) is 0.749. The summed E-state index contributed by atoms with van der Waals surface area (Å²) in [6, 6.07) is 7.91. The summed E-state index contributed by atoms with van der Waals surface area (Å²) in [6.07, 6.45) is 8.61. The van der Waals surface area contributed by atoms with E-state index in [0.717, 1.165) is 30.6 Å². The zero-order valence-electron chi connectivity index (χ0n) is 17.0. The van der Waals surface area contributed by atoms with Gasteiger partial charge in [-0.05, 0) is 75.0 Å². The molecule has 4 unspecified atom stereocenters. The number of rotatable bonds is 7. The Hall–Kier alpha value is -2.04. The first-order valence-corrected chi connectivity index (χ1v) is 11.0. The number of anilines is 2. The molecule has 0 radical (unpaired) electrons. The minimum absolute atomic E-state index is 0.0497. The Kier molecular flexibility index (Phi) is 5.88. The molecule has 1 saturated heterocycles. The summed E-state index contributed by atoms with van der Waals surface area (Å²) in [4.78, 5) is 27.1. The molecular weight excluding hydrogens is 350 g/mol. The van der Waals surface area contributed by atoms with Gasteiger partial charge in [0.15, 0.2) is 0 Å². The summed E-state index contributed by atoms with van der Waals surface area (Å²) in [5, 5.41) is 6.02. The van der Waals surface area contributed by atoms with E-state index in [4.69, 9.17) is 0 Å². The Labute approximate surface area is 168 Å². The molecular formula is C23H33N3O2. The highest BCUT2D eigenvalue weighted by Gasteiger charge is 2.40. The number of nitrogens with one attached hydrogen (secondary N) is 2. The number of amides is 2. The van der Waals surface area contributed by atoms with Crippen LogP contribution < -0.4 is 15.5 Å². The van der Waals surface area contributed by atoms with Crippen LogP contribution in [0.4, 0.5) is 11.4 Å². The summed E-state index contributed by atoms with van der Waals surface area (Å²) in [5.74, 6) is 2.24. The fourth-order valence-electron chi connectivity index (χ4n) is 5.50. The highest BCUT2D eigenvalue weighted by molar-refractivity contribution is 5.92. The summed E-state index contributed by atoms with van der Waals surface area (Å²) in [6.45, 7) is 4.09. The van der Waals surface area contributed by atoms with E-state index in [2.05, 4.69) is 21.6 Å². The maximum atomic E-state index is 12.4. The van der Waals surface area contributed by atoms with Crippen LogP contribution in [0.15, 0.2) is 24.3 Å².